The maximum atomic E-state index is 11.7. The van der Waals surface area contributed by atoms with Crippen molar-refractivity contribution >= 4 is 16.1 Å². The zero-order chi connectivity index (χ0) is 12.9. The van der Waals surface area contributed by atoms with Gasteiger partial charge in [-0.1, -0.05) is 0 Å². The Morgan fingerprint density at radius 3 is 2.35 bits per heavy atom. The molecule has 1 rings (SSSR count). The fourth-order valence-electron chi connectivity index (χ4n) is 1.72. The highest BCUT2D eigenvalue weighted by molar-refractivity contribution is 7.86. The van der Waals surface area contributed by atoms with Gasteiger partial charge < -0.3 is 9.64 Å². The molecule has 2 N–H and O–H groups in total. The van der Waals surface area contributed by atoms with Gasteiger partial charge in [0.25, 0.3) is 10.2 Å². The molecule has 8 heteroatoms. The van der Waals surface area contributed by atoms with Gasteiger partial charge in [-0.05, 0) is 6.42 Å². The van der Waals surface area contributed by atoms with E-state index in [1.54, 1.807) is 12.0 Å². The number of nitrogens with zero attached hydrogens (tertiary/aromatic N) is 2. The van der Waals surface area contributed by atoms with Gasteiger partial charge in [0, 0.05) is 46.3 Å². The SMILES string of the molecule is COCCCC(=O)N1CCN(S(N)(=O)=O)CC1. The first-order valence-corrected chi connectivity index (χ1v) is 7.00. The average Bonchev–Trinajstić information content (AvgIpc) is 2.28. The lowest BCUT2D eigenvalue weighted by Gasteiger charge is -2.33. The number of amides is 1. The highest BCUT2D eigenvalue weighted by atomic mass is 32.2. The summed E-state index contributed by atoms with van der Waals surface area (Å²) in [4.78, 5) is 13.4. The third-order valence-electron chi connectivity index (χ3n) is 2.69. The van der Waals surface area contributed by atoms with Crippen LogP contribution < -0.4 is 5.14 Å². The molecule has 0 aromatic heterocycles. The van der Waals surface area contributed by atoms with Crippen LogP contribution in [0.5, 0.6) is 0 Å². The number of nitrogens with two attached hydrogens (primary N) is 1. The molecule has 0 radical (unpaired) electrons. The first-order chi connectivity index (χ1) is 7.95. The van der Waals surface area contributed by atoms with E-state index in [1.807, 2.05) is 0 Å². The molecule has 100 valence electrons. The number of piperazine rings is 1. The van der Waals surface area contributed by atoms with Crippen LogP contribution in [0.1, 0.15) is 12.8 Å². The van der Waals surface area contributed by atoms with Crippen LogP contribution in [0, 0.1) is 0 Å². The van der Waals surface area contributed by atoms with Crippen molar-refractivity contribution in [1.82, 2.24) is 9.21 Å². The Morgan fingerprint density at radius 2 is 1.88 bits per heavy atom. The molecule has 1 aliphatic heterocycles. The standard InChI is InChI=1S/C9H19N3O4S/c1-16-8-2-3-9(13)11-4-6-12(7-5-11)17(10,14)15/h2-8H2,1H3,(H2,10,14,15). The van der Waals surface area contributed by atoms with E-state index in [-0.39, 0.29) is 19.0 Å². The summed E-state index contributed by atoms with van der Waals surface area (Å²) in [5.41, 5.74) is 0. The zero-order valence-electron chi connectivity index (χ0n) is 9.96. The second-order valence-corrected chi connectivity index (χ2v) is 5.47. The molecule has 1 heterocycles. The van der Waals surface area contributed by atoms with Crippen molar-refractivity contribution in [3.05, 3.63) is 0 Å². The van der Waals surface area contributed by atoms with Crippen LogP contribution in [0.15, 0.2) is 0 Å². The van der Waals surface area contributed by atoms with E-state index in [0.29, 0.717) is 32.5 Å². The highest BCUT2D eigenvalue weighted by Gasteiger charge is 2.25. The first-order valence-electron chi connectivity index (χ1n) is 5.49. The normalized spacial score (nSPS) is 18.4. The third-order valence-corrected chi connectivity index (χ3v) is 3.78. The van der Waals surface area contributed by atoms with Gasteiger partial charge in [0.05, 0.1) is 0 Å². The second-order valence-electron chi connectivity index (χ2n) is 3.92. The molecule has 1 aliphatic rings. The van der Waals surface area contributed by atoms with Crippen molar-refractivity contribution in [2.45, 2.75) is 12.8 Å². The van der Waals surface area contributed by atoms with Crippen LogP contribution in [0.3, 0.4) is 0 Å². The minimum Gasteiger partial charge on any atom is -0.385 e. The molecule has 0 atom stereocenters. The molecule has 1 amide bonds. The maximum Gasteiger partial charge on any atom is 0.277 e. The lowest BCUT2D eigenvalue weighted by molar-refractivity contribution is -0.132. The maximum absolute atomic E-state index is 11.7. The number of carbonyl (C=O) groups excluding carboxylic acids is 1. The molecule has 0 bridgehead atoms. The van der Waals surface area contributed by atoms with Gasteiger partial charge in [0.1, 0.15) is 0 Å². The van der Waals surface area contributed by atoms with Crippen LogP contribution in [0.25, 0.3) is 0 Å². The first kappa shape index (κ1) is 14.4. The molecule has 0 saturated carbocycles. The summed E-state index contributed by atoms with van der Waals surface area (Å²) in [5, 5.41) is 5.01. The van der Waals surface area contributed by atoms with Crippen molar-refractivity contribution in [3.63, 3.8) is 0 Å². The topological polar surface area (TPSA) is 92.9 Å². The molecular weight excluding hydrogens is 246 g/mol. The summed E-state index contributed by atoms with van der Waals surface area (Å²) in [6.07, 6.45) is 1.12. The molecule has 0 aromatic rings. The molecule has 0 aromatic carbocycles. The van der Waals surface area contributed by atoms with Gasteiger partial charge in [0.2, 0.25) is 5.91 Å². The Labute approximate surface area is 102 Å². The smallest absolute Gasteiger partial charge is 0.277 e. The Hall–Kier alpha value is -0.700. The zero-order valence-corrected chi connectivity index (χ0v) is 10.8. The number of carbonyl (C=O) groups is 1. The van der Waals surface area contributed by atoms with Gasteiger partial charge in [-0.3, -0.25) is 4.79 Å². The van der Waals surface area contributed by atoms with Crippen LogP contribution in [0.4, 0.5) is 0 Å². The summed E-state index contributed by atoms with van der Waals surface area (Å²) >= 11 is 0. The molecule has 1 fully saturated rings. The van der Waals surface area contributed by atoms with E-state index in [1.165, 1.54) is 4.31 Å². The Bertz CT molecular complexity index is 349. The lowest BCUT2D eigenvalue weighted by atomic mass is 10.2. The number of methoxy groups -OCH3 is 1. The van der Waals surface area contributed by atoms with Crippen molar-refractivity contribution < 1.29 is 17.9 Å². The van der Waals surface area contributed by atoms with Crippen molar-refractivity contribution in [1.29, 1.82) is 0 Å². The number of rotatable bonds is 5. The van der Waals surface area contributed by atoms with Gasteiger partial charge in [-0.25, -0.2) is 5.14 Å². The molecule has 0 aliphatic carbocycles. The van der Waals surface area contributed by atoms with Crippen LogP contribution in [-0.2, 0) is 19.7 Å². The highest BCUT2D eigenvalue weighted by Crippen LogP contribution is 2.07. The van der Waals surface area contributed by atoms with E-state index in [4.69, 9.17) is 9.88 Å². The van der Waals surface area contributed by atoms with Crippen molar-refractivity contribution in [3.8, 4) is 0 Å². The predicted octanol–water partition coefficient (Wildman–Crippen LogP) is -1.24. The summed E-state index contributed by atoms with van der Waals surface area (Å²) in [6, 6.07) is 0. The fraction of sp³-hybridized carbons (Fsp3) is 0.889. The van der Waals surface area contributed by atoms with Gasteiger partial charge in [0.15, 0.2) is 0 Å². The van der Waals surface area contributed by atoms with Gasteiger partial charge in [-0.2, -0.15) is 12.7 Å². The summed E-state index contributed by atoms with van der Waals surface area (Å²) in [7, 11) is -2.03. The molecule has 1 saturated heterocycles. The van der Waals surface area contributed by atoms with Crippen LogP contribution in [-0.4, -0.2) is 63.4 Å². The largest absolute Gasteiger partial charge is 0.385 e. The van der Waals surface area contributed by atoms with E-state index < -0.39 is 10.2 Å². The van der Waals surface area contributed by atoms with E-state index >= 15 is 0 Å². The van der Waals surface area contributed by atoms with Gasteiger partial charge in [-0.15, -0.1) is 0 Å². The summed E-state index contributed by atoms with van der Waals surface area (Å²) < 4.78 is 28.2. The van der Waals surface area contributed by atoms with Crippen molar-refractivity contribution in [2.24, 2.45) is 5.14 Å². The minimum absolute atomic E-state index is 0.0381. The third kappa shape index (κ3) is 4.58. The quantitative estimate of drug-likeness (QED) is 0.629. The number of hydrogen-bond acceptors (Lipinski definition) is 4. The fourth-order valence-corrected chi connectivity index (χ4v) is 2.39. The Kier molecular flexibility index (Phi) is 5.31. The summed E-state index contributed by atoms with van der Waals surface area (Å²) in [6.45, 7) is 1.91. The van der Waals surface area contributed by atoms with E-state index in [0.717, 1.165) is 0 Å². The van der Waals surface area contributed by atoms with Crippen LogP contribution in [0.2, 0.25) is 0 Å². The Balaban J connectivity index is 2.34. The Morgan fingerprint density at radius 1 is 1.29 bits per heavy atom. The summed E-state index contributed by atoms with van der Waals surface area (Å²) in [5.74, 6) is 0.0381. The molecule has 0 spiro atoms. The molecule has 0 unspecified atom stereocenters. The van der Waals surface area contributed by atoms with Crippen LogP contribution >= 0.6 is 0 Å². The lowest BCUT2D eigenvalue weighted by Crippen LogP contribution is -2.52. The molecule has 17 heavy (non-hydrogen) atoms. The van der Waals surface area contributed by atoms with E-state index in [2.05, 4.69) is 0 Å². The predicted molar refractivity (Wildman–Crippen MR) is 62.4 cm³/mol. The minimum atomic E-state index is -3.62. The average molecular weight is 265 g/mol. The number of hydrogen-bond donors (Lipinski definition) is 1. The van der Waals surface area contributed by atoms with Gasteiger partial charge >= 0.3 is 0 Å². The second kappa shape index (κ2) is 6.29. The molecular formula is C9H19N3O4S. The number of ether oxygens (including phenoxy) is 1. The van der Waals surface area contributed by atoms with Crippen molar-refractivity contribution in [2.75, 3.05) is 39.9 Å². The van der Waals surface area contributed by atoms with E-state index in [9.17, 15) is 13.2 Å². The molecule has 7 nitrogen and oxygen atoms in total. The monoisotopic (exact) mass is 265 g/mol.